The van der Waals surface area contributed by atoms with Crippen LogP contribution >= 0.6 is 0 Å². The van der Waals surface area contributed by atoms with Crippen LogP contribution in [0.25, 0.3) is 10.8 Å². The molecule has 2 aromatic rings. The van der Waals surface area contributed by atoms with E-state index >= 15 is 0 Å². The maximum atomic E-state index is 12.1. The number of hydrogen-bond acceptors (Lipinski definition) is 1. The molecule has 2 aromatic carbocycles. The van der Waals surface area contributed by atoms with Gasteiger partial charge >= 0.3 is 0 Å². The van der Waals surface area contributed by atoms with Crippen LogP contribution in [-0.4, -0.2) is 9.96 Å². The first-order valence-corrected chi connectivity index (χ1v) is 7.01. The van der Waals surface area contributed by atoms with Gasteiger partial charge in [0.2, 0.25) is 0 Å². The zero-order valence-electron chi connectivity index (χ0n) is 9.48. The van der Waals surface area contributed by atoms with Crippen LogP contribution in [0.5, 0.6) is 0 Å². The van der Waals surface area contributed by atoms with Crippen molar-refractivity contribution in [3.63, 3.8) is 0 Å². The molecule has 0 saturated carbocycles. The molecular formula is C14H16OS. The molecule has 0 aliphatic rings. The highest BCUT2D eigenvalue weighted by atomic mass is 32.2. The van der Waals surface area contributed by atoms with Crippen molar-refractivity contribution in [3.05, 3.63) is 42.5 Å². The monoisotopic (exact) mass is 232 g/mol. The van der Waals surface area contributed by atoms with Crippen LogP contribution in [0.1, 0.15) is 19.8 Å². The third kappa shape index (κ3) is 2.33. The highest BCUT2D eigenvalue weighted by molar-refractivity contribution is 7.85. The topological polar surface area (TPSA) is 17.1 Å². The summed E-state index contributed by atoms with van der Waals surface area (Å²) in [5, 5.41) is 2.30. The molecule has 0 aromatic heterocycles. The molecule has 0 aliphatic heterocycles. The van der Waals surface area contributed by atoms with Gasteiger partial charge in [0.15, 0.2) is 0 Å². The lowest BCUT2D eigenvalue weighted by molar-refractivity contribution is 0.680. The lowest BCUT2D eigenvalue weighted by Crippen LogP contribution is -1.98. The van der Waals surface area contributed by atoms with E-state index in [2.05, 4.69) is 25.1 Å². The summed E-state index contributed by atoms with van der Waals surface area (Å²) in [6.45, 7) is 2.13. The summed E-state index contributed by atoms with van der Waals surface area (Å²) in [6.07, 6.45) is 2.12. The Morgan fingerprint density at radius 3 is 2.62 bits per heavy atom. The Labute approximate surface area is 98.9 Å². The fourth-order valence-electron chi connectivity index (χ4n) is 1.78. The maximum absolute atomic E-state index is 12.1. The molecule has 1 atom stereocenters. The Balaban J connectivity index is 2.40. The molecule has 0 aliphatic carbocycles. The van der Waals surface area contributed by atoms with E-state index in [1.54, 1.807) is 0 Å². The molecule has 0 heterocycles. The van der Waals surface area contributed by atoms with Crippen molar-refractivity contribution in [2.24, 2.45) is 0 Å². The molecule has 1 nitrogen and oxygen atoms in total. The molecule has 2 rings (SSSR count). The second kappa shape index (κ2) is 5.26. The molecule has 0 N–H and O–H groups in total. The Morgan fingerprint density at radius 2 is 1.81 bits per heavy atom. The minimum Gasteiger partial charge on any atom is -0.254 e. The van der Waals surface area contributed by atoms with Crippen molar-refractivity contribution in [2.45, 2.75) is 24.7 Å². The summed E-state index contributed by atoms with van der Waals surface area (Å²) >= 11 is 0. The van der Waals surface area contributed by atoms with Crippen LogP contribution in [0.15, 0.2) is 47.4 Å². The van der Waals surface area contributed by atoms with E-state index in [4.69, 9.17) is 0 Å². The average molecular weight is 232 g/mol. The van der Waals surface area contributed by atoms with Gasteiger partial charge in [-0.15, -0.1) is 0 Å². The standard InChI is InChI=1S/C14H16OS/c1-2-3-11-16(15)14-10-6-8-12-7-4-5-9-13(12)14/h4-10H,2-3,11H2,1H3. The SMILES string of the molecule is CCCCS(=O)c1cccc2ccccc12. The second-order valence-electron chi connectivity index (χ2n) is 3.88. The van der Waals surface area contributed by atoms with Crippen LogP contribution in [-0.2, 0) is 10.8 Å². The van der Waals surface area contributed by atoms with E-state index in [0.717, 1.165) is 28.9 Å². The number of rotatable bonds is 4. The minimum atomic E-state index is -0.858. The Morgan fingerprint density at radius 1 is 1.06 bits per heavy atom. The quantitative estimate of drug-likeness (QED) is 0.784. The molecule has 0 fully saturated rings. The van der Waals surface area contributed by atoms with Gasteiger partial charge in [-0.1, -0.05) is 49.7 Å². The molecule has 2 heteroatoms. The zero-order valence-corrected chi connectivity index (χ0v) is 10.3. The van der Waals surface area contributed by atoms with Gasteiger partial charge in [0.05, 0.1) is 10.8 Å². The van der Waals surface area contributed by atoms with Gasteiger partial charge in [-0.25, -0.2) is 0 Å². The molecule has 16 heavy (non-hydrogen) atoms. The first-order valence-electron chi connectivity index (χ1n) is 5.69. The molecule has 1 unspecified atom stereocenters. The van der Waals surface area contributed by atoms with Crippen molar-refractivity contribution in [3.8, 4) is 0 Å². The van der Waals surface area contributed by atoms with Crippen LogP contribution in [0.2, 0.25) is 0 Å². The van der Waals surface area contributed by atoms with Crippen LogP contribution in [0.3, 0.4) is 0 Å². The van der Waals surface area contributed by atoms with Crippen molar-refractivity contribution < 1.29 is 4.21 Å². The first kappa shape index (κ1) is 11.3. The lowest BCUT2D eigenvalue weighted by Gasteiger charge is -2.05. The zero-order chi connectivity index (χ0) is 11.4. The van der Waals surface area contributed by atoms with E-state index < -0.39 is 10.8 Å². The Hall–Kier alpha value is -1.15. The molecule has 0 bridgehead atoms. The van der Waals surface area contributed by atoms with Gasteiger partial charge in [0, 0.05) is 10.6 Å². The van der Waals surface area contributed by atoms with Crippen LogP contribution in [0.4, 0.5) is 0 Å². The maximum Gasteiger partial charge on any atom is 0.0535 e. The molecule has 0 amide bonds. The van der Waals surface area contributed by atoms with Gasteiger partial charge < -0.3 is 0 Å². The average Bonchev–Trinajstić information content (AvgIpc) is 2.35. The number of benzene rings is 2. The normalized spacial score (nSPS) is 12.8. The van der Waals surface area contributed by atoms with Crippen LogP contribution in [0, 0.1) is 0 Å². The van der Waals surface area contributed by atoms with Gasteiger partial charge in [-0.3, -0.25) is 4.21 Å². The highest BCUT2D eigenvalue weighted by Crippen LogP contribution is 2.21. The molecule has 84 valence electrons. The van der Waals surface area contributed by atoms with Gasteiger partial charge in [-0.2, -0.15) is 0 Å². The smallest absolute Gasteiger partial charge is 0.0535 e. The fourth-order valence-corrected chi connectivity index (χ4v) is 3.21. The minimum absolute atomic E-state index is 0.768. The fraction of sp³-hybridized carbons (Fsp3) is 0.286. The van der Waals surface area contributed by atoms with Crippen molar-refractivity contribution in [1.29, 1.82) is 0 Å². The third-order valence-electron chi connectivity index (χ3n) is 2.68. The summed E-state index contributed by atoms with van der Waals surface area (Å²) in [6, 6.07) is 14.2. The third-order valence-corrected chi connectivity index (χ3v) is 4.18. The summed E-state index contributed by atoms with van der Waals surface area (Å²) in [4.78, 5) is 0.978. The number of fused-ring (bicyclic) bond motifs is 1. The van der Waals surface area contributed by atoms with Gasteiger partial charge in [0.1, 0.15) is 0 Å². The van der Waals surface area contributed by atoms with Gasteiger partial charge in [-0.05, 0) is 23.3 Å². The van der Waals surface area contributed by atoms with Crippen molar-refractivity contribution >= 4 is 21.6 Å². The Kier molecular flexibility index (Phi) is 3.73. The predicted molar refractivity (Wildman–Crippen MR) is 70.1 cm³/mol. The molecular weight excluding hydrogens is 216 g/mol. The molecule has 0 radical (unpaired) electrons. The van der Waals surface area contributed by atoms with E-state index in [0.29, 0.717) is 0 Å². The largest absolute Gasteiger partial charge is 0.254 e. The van der Waals surface area contributed by atoms with E-state index in [9.17, 15) is 4.21 Å². The van der Waals surface area contributed by atoms with E-state index in [-0.39, 0.29) is 0 Å². The second-order valence-corrected chi connectivity index (χ2v) is 5.42. The van der Waals surface area contributed by atoms with E-state index in [1.807, 2.05) is 24.3 Å². The Bertz CT molecular complexity index is 500. The number of hydrogen-bond donors (Lipinski definition) is 0. The molecule has 0 spiro atoms. The summed E-state index contributed by atoms with van der Waals surface area (Å²) in [5.74, 6) is 0.768. The van der Waals surface area contributed by atoms with Gasteiger partial charge in [0.25, 0.3) is 0 Å². The van der Waals surface area contributed by atoms with Crippen LogP contribution < -0.4 is 0 Å². The summed E-state index contributed by atoms with van der Waals surface area (Å²) in [7, 11) is -0.858. The number of unbranched alkanes of at least 4 members (excludes halogenated alkanes) is 1. The lowest BCUT2D eigenvalue weighted by atomic mass is 10.1. The van der Waals surface area contributed by atoms with E-state index in [1.165, 1.54) is 5.39 Å². The molecule has 0 saturated heterocycles. The highest BCUT2D eigenvalue weighted by Gasteiger charge is 2.06. The first-order chi connectivity index (χ1) is 7.83. The predicted octanol–water partition coefficient (Wildman–Crippen LogP) is 3.75. The summed E-state index contributed by atoms with van der Waals surface area (Å²) in [5.41, 5.74) is 0. The van der Waals surface area contributed by atoms with Crippen molar-refractivity contribution in [1.82, 2.24) is 0 Å². The summed E-state index contributed by atoms with van der Waals surface area (Å²) < 4.78 is 12.1. The van der Waals surface area contributed by atoms with Crippen molar-refractivity contribution in [2.75, 3.05) is 5.75 Å².